The van der Waals surface area contributed by atoms with Crippen LogP contribution in [0.5, 0.6) is 0 Å². The molecule has 9 heteroatoms. The van der Waals surface area contributed by atoms with E-state index in [9.17, 15) is 9.13 Å². The van der Waals surface area contributed by atoms with Crippen LogP contribution < -0.4 is 5.90 Å². The Hall–Kier alpha value is 0.260. The number of hydrogen-bond donors (Lipinski definition) is 4. The van der Waals surface area contributed by atoms with Crippen LogP contribution in [0.15, 0.2) is 0 Å². The topological polar surface area (TPSA) is 130 Å². The Balaban J connectivity index is 5.14. The third-order valence-electron chi connectivity index (χ3n) is 1.55. The minimum absolute atomic E-state index is 0.904. The van der Waals surface area contributed by atoms with E-state index in [1.807, 2.05) is 0 Å². The first-order chi connectivity index (χ1) is 5.06. The lowest BCUT2D eigenvalue weighted by molar-refractivity contribution is 0.248. The quantitative estimate of drug-likeness (QED) is 0.387. The van der Waals surface area contributed by atoms with Gasteiger partial charge < -0.3 is 14.7 Å². The molecule has 0 bridgehead atoms. The maximum absolute atomic E-state index is 11.0. The molecule has 1 atom stereocenters. The standard InChI is InChI=1S/C3H11NO6P2/c1-3(2,11(5,6)7)12(8,9)10-4/h4H2,1-2H3,(H,8,9)(H2,5,6,7). The highest BCUT2D eigenvalue weighted by atomic mass is 31.2. The van der Waals surface area contributed by atoms with Gasteiger partial charge in [0.25, 0.3) is 0 Å². The lowest BCUT2D eigenvalue weighted by Crippen LogP contribution is -2.23. The molecule has 0 radical (unpaired) electrons. The Bertz CT molecular complexity index is 256. The maximum Gasteiger partial charge on any atom is 0.361 e. The fourth-order valence-electron chi connectivity index (χ4n) is 0.294. The van der Waals surface area contributed by atoms with E-state index in [1.54, 1.807) is 0 Å². The summed E-state index contributed by atoms with van der Waals surface area (Å²) < 4.78 is 25.3. The molecule has 0 rings (SSSR count). The van der Waals surface area contributed by atoms with Crippen LogP contribution in [0.1, 0.15) is 13.8 Å². The molecule has 1 unspecified atom stereocenters. The van der Waals surface area contributed by atoms with Crippen molar-refractivity contribution in [3.05, 3.63) is 0 Å². The van der Waals surface area contributed by atoms with Crippen molar-refractivity contribution in [2.75, 3.05) is 0 Å². The lowest BCUT2D eigenvalue weighted by Gasteiger charge is -2.27. The summed E-state index contributed by atoms with van der Waals surface area (Å²) in [6.07, 6.45) is 0. The van der Waals surface area contributed by atoms with Crippen molar-refractivity contribution in [2.45, 2.75) is 18.7 Å². The first-order valence-corrected chi connectivity index (χ1v) is 6.02. The fraction of sp³-hybridized carbons (Fsp3) is 1.00. The molecule has 5 N–H and O–H groups in total. The van der Waals surface area contributed by atoms with Crippen LogP contribution >= 0.6 is 15.2 Å². The van der Waals surface area contributed by atoms with E-state index in [2.05, 4.69) is 10.5 Å². The number of hydrogen-bond acceptors (Lipinski definition) is 4. The smallest absolute Gasteiger partial charge is 0.324 e. The Morgan fingerprint density at radius 3 is 1.67 bits per heavy atom. The molecule has 12 heavy (non-hydrogen) atoms. The molecule has 0 aliphatic heterocycles. The zero-order valence-electron chi connectivity index (χ0n) is 6.54. The van der Waals surface area contributed by atoms with E-state index in [1.165, 1.54) is 0 Å². The van der Waals surface area contributed by atoms with Gasteiger partial charge in [0, 0.05) is 0 Å². The molecule has 0 aromatic rings. The zero-order valence-corrected chi connectivity index (χ0v) is 8.33. The molecule has 0 aliphatic carbocycles. The van der Waals surface area contributed by atoms with Gasteiger partial charge in [-0.05, 0) is 13.8 Å². The third kappa shape index (κ3) is 1.95. The van der Waals surface area contributed by atoms with E-state index in [4.69, 9.17) is 14.7 Å². The molecule has 0 heterocycles. The van der Waals surface area contributed by atoms with Gasteiger partial charge in [-0.2, -0.15) is 0 Å². The van der Waals surface area contributed by atoms with Crippen molar-refractivity contribution in [3.8, 4) is 0 Å². The number of rotatable bonds is 3. The first kappa shape index (κ1) is 12.3. The molecule has 0 saturated carbocycles. The fourth-order valence-corrected chi connectivity index (χ4v) is 2.01. The second-order valence-corrected chi connectivity index (χ2v) is 7.59. The average molecular weight is 219 g/mol. The lowest BCUT2D eigenvalue weighted by atomic mass is 10.5. The summed E-state index contributed by atoms with van der Waals surface area (Å²) in [5, 5.41) is 0. The van der Waals surface area contributed by atoms with Crippen LogP contribution in [-0.4, -0.2) is 19.6 Å². The van der Waals surface area contributed by atoms with Gasteiger partial charge in [0.05, 0.1) is 0 Å². The van der Waals surface area contributed by atoms with Gasteiger partial charge in [0.15, 0.2) is 4.90 Å². The molecule has 0 spiro atoms. The Labute approximate surface area is 69.2 Å². The second-order valence-electron chi connectivity index (χ2n) is 2.66. The summed E-state index contributed by atoms with van der Waals surface area (Å²) in [6.45, 7) is 1.81. The first-order valence-electron chi connectivity index (χ1n) is 2.83. The molecule has 0 aliphatic rings. The second kappa shape index (κ2) is 3.20. The molecule has 0 amide bonds. The van der Waals surface area contributed by atoms with Crippen LogP contribution in [0, 0.1) is 0 Å². The van der Waals surface area contributed by atoms with Crippen molar-refractivity contribution in [2.24, 2.45) is 5.90 Å². The molecule has 0 fully saturated rings. The van der Waals surface area contributed by atoms with Gasteiger partial charge in [-0.1, -0.05) is 0 Å². The molecular formula is C3H11NO6P2. The molecule has 74 valence electrons. The van der Waals surface area contributed by atoms with E-state index < -0.39 is 20.1 Å². The average Bonchev–Trinajstić information content (AvgIpc) is 1.85. The van der Waals surface area contributed by atoms with Crippen molar-refractivity contribution in [3.63, 3.8) is 0 Å². The molecular weight excluding hydrogens is 208 g/mol. The molecule has 0 aromatic heterocycles. The van der Waals surface area contributed by atoms with E-state index in [0.29, 0.717) is 0 Å². The van der Waals surface area contributed by atoms with Crippen LogP contribution in [0.4, 0.5) is 0 Å². The van der Waals surface area contributed by atoms with Gasteiger partial charge in [0.2, 0.25) is 0 Å². The summed E-state index contributed by atoms with van der Waals surface area (Å²) >= 11 is 0. The highest BCUT2D eigenvalue weighted by molar-refractivity contribution is 7.72. The molecule has 0 aromatic carbocycles. The maximum atomic E-state index is 11.0. The van der Waals surface area contributed by atoms with Gasteiger partial charge in [0.1, 0.15) is 0 Å². The highest BCUT2D eigenvalue weighted by Gasteiger charge is 2.54. The third-order valence-corrected chi connectivity index (χ3v) is 6.18. The summed E-state index contributed by atoms with van der Waals surface area (Å²) in [4.78, 5) is 24.0. The Morgan fingerprint density at radius 1 is 1.25 bits per heavy atom. The van der Waals surface area contributed by atoms with E-state index >= 15 is 0 Å². The van der Waals surface area contributed by atoms with Crippen molar-refractivity contribution in [1.82, 2.24) is 0 Å². The van der Waals surface area contributed by atoms with Crippen molar-refractivity contribution in [1.29, 1.82) is 0 Å². The largest absolute Gasteiger partial charge is 0.361 e. The predicted molar refractivity (Wildman–Crippen MR) is 41.2 cm³/mol. The SMILES string of the molecule is CC(C)(P(=O)(O)O)P(=O)(O)ON. The van der Waals surface area contributed by atoms with Crippen molar-refractivity contribution < 1.29 is 28.4 Å². The summed E-state index contributed by atoms with van der Waals surface area (Å²) in [5.41, 5.74) is 0. The van der Waals surface area contributed by atoms with Crippen LogP contribution in [0.2, 0.25) is 0 Å². The van der Waals surface area contributed by atoms with Gasteiger partial charge >= 0.3 is 15.2 Å². The van der Waals surface area contributed by atoms with Gasteiger partial charge in [-0.3, -0.25) is 9.13 Å². The number of nitrogens with two attached hydrogens (primary N) is 1. The van der Waals surface area contributed by atoms with Crippen LogP contribution in [0.3, 0.4) is 0 Å². The summed E-state index contributed by atoms with van der Waals surface area (Å²) in [5.74, 6) is 4.43. The van der Waals surface area contributed by atoms with Gasteiger partial charge in [-0.25, -0.2) is 10.5 Å². The minimum atomic E-state index is -4.72. The van der Waals surface area contributed by atoms with Crippen LogP contribution in [0.25, 0.3) is 0 Å². The molecule has 0 saturated heterocycles. The van der Waals surface area contributed by atoms with E-state index in [0.717, 1.165) is 13.8 Å². The zero-order chi connectivity index (χ0) is 10.2. The van der Waals surface area contributed by atoms with Crippen molar-refractivity contribution >= 4 is 15.2 Å². The normalized spacial score (nSPS) is 18.8. The van der Waals surface area contributed by atoms with E-state index in [-0.39, 0.29) is 0 Å². The summed E-state index contributed by atoms with van der Waals surface area (Å²) in [6, 6.07) is 0. The molecule has 7 nitrogen and oxygen atoms in total. The minimum Gasteiger partial charge on any atom is -0.324 e. The Morgan fingerprint density at radius 2 is 1.58 bits per heavy atom. The Kier molecular flexibility index (Phi) is 3.26. The monoisotopic (exact) mass is 219 g/mol. The highest BCUT2D eigenvalue weighted by Crippen LogP contribution is 2.70. The van der Waals surface area contributed by atoms with Gasteiger partial charge in [-0.15, -0.1) is 0 Å². The van der Waals surface area contributed by atoms with Crippen LogP contribution in [-0.2, 0) is 13.8 Å². The predicted octanol–water partition coefficient (Wildman–Crippen LogP) is -0.0241. The summed E-state index contributed by atoms with van der Waals surface area (Å²) in [7, 11) is -9.21.